The third kappa shape index (κ3) is 2.72. The Kier molecular flexibility index (Phi) is 3.56. The Bertz CT molecular complexity index is 797. The van der Waals surface area contributed by atoms with Gasteiger partial charge < -0.3 is 9.72 Å². The van der Waals surface area contributed by atoms with Crippen LogP contribution in [0.1, 0.15) is 21.5 Å². The van der Waals surface area contributed by atoms with Crippen LogP contribution in [0.4, 0.5) is 0 Å². The van der Waals surface area contributed by atoms with Gasteiger partial charge in [-0.05, 0) is 29.3 Å². The molecule has 0 spiro atoms. The highest BCUT2D eigenvalue weighted by Crippen LogP contribution is 2.20. The first-order valence-corrected chi connectivity index (χ1v) is 6.70. The summed E-state index contributed by atoms with van der Waals surface area (Å²) in [6, 6.07) is 15.5. The highest BCUT2D eigenvalue weighted by atomic mass is 16.5. The fraction of sp³-hybridized carbons (Fsp3) is 0.0556. The van der Waals surface area contributed by atoms with Crippen molar-refractivity contribution < 1.29 is 9.53 Å². The number of ether oxygens (including phenoxy) is 1. The Morgan fingerprint density at radius 1 is 1.05 bits per heavy atom. The number of carbonyl (C=O) groups is 1. The number of hydrogen-bond donors (Lipinski definition) is 1. The van der Waals surface area contributed by atoms with E-state index in [1.165, 1.54) is 12.5 Å². The molecule has 0 aliphatic rings. The zero-order chi connectivity index (χ0) is 14.7. The predicted octanol–water partition coefficient (Wildman–Crippen LogP) is 4.12. The number of carbonyl (C=O) groups excluding carboxylic acids is 1. The average Bonchev–Trinajstić information content (AvgIpc) is 2.96. The summed E-state index contributed by atoms with van der Waals surface area (Å²) in [6.45, 7) is 0. The number of hydrogen-bond acceptors (Lipinski definition) is 2. The summed E-state index contributed by atoms with van der Waals surface area (Å²) >= 11 is 0. The average molecular weight is 277 g/mol. The molecule has 3 heteroatoms. The number of esters is 1. The van der Waals surface area contributed by atoms with Crippen LogP contribution in [0.5, 0.6) is 0 Å². The van der Waals surface area contributed by atoms with Gasteiger partial charge in [0.15, 0.2) is 0 Å². The Morgan fingerprint density at radius 3 is 2.57 bits per heavy atom. The second-order valence-corrected chi connectivity index (χ2v) is 4.74. The van der Waals surface area contributed by atoms with Crippen molar-refractivity contribution in [3.05, 3.63) is 71.4 Å². The maximum atomic E-state index is 11.4. The van der Waals surface area contributed by atoms with Gasteiger partial charge in [0.1, 0.15) is 0 Å². The quantitative estimate of drug-likeness (QED) is 0.731. The van der Waals surface area contributed by atoms with Crippen LogP contribution in [0.15, 0.2) is 54.7 Å². The van der Waals surface area contributed by atoms with Crippen LogP contribution in [-0.4, -0.2) is 18.1 Å². The molecular formula is C18H15NO2. The zero-order valence-electron chi connectivity index (χ0n) is 11.7. The van der Waals surface area contributed by atoms with Crippen molar-refractivity contribution in [2.24, 2.45) is 0 Å². The molecule has 2 aromatic carbocycles. The molecule has 3 aromatic rings. The van der Waals surface area contributed by atoms with Gasteiger partial charge in [-0.1, -0.05) is 42.5 Å². The minimum atomic E-state index is -0.317. The van der Waals surface area contributed by atoms with Crippen molar-refractivity contribution in [3.63, 3.8) is 0 Å². The van der Waals surface area contributed by atoms with Gasteiger partial charge in [0.05, 0.1) is 12.7 Å². The van der Waals surface area contributed by atoms with Gasteiger partial charge in [-0.25, -0.2) is 4.79 Å². The summed E-state index contributed by atoms with van der Waals surface area (Å²) in [4.78, 5) is 14.6. The van der Waals surface area contributed by atoms with Crippen molar-refractivity contribution in [2.45, 2.75) is 0 Å². The van der Waals surface area contributed by atoms with E-state index in [1.54, 1.807) is 12.1 Å². The molecule has 1 N–H and O–H groups in total. The van der Waals surface area contributed by atoms with Gasteiger partial charge in [-0.2, -0.15) is 0 Å². The molecule has 0 bridgehead atoms. The van der Waals surface area contributed by atoms with E-state index in [0.29, 0.717) is 5.56 Å². The lowest BCUT2D eigenvalue weighted by molar-refractivity contribution is 0.0601. The van der Waals surface area contributed by atoms with E-state index in [9.17, 15) is 4.79 Å². The molecule has 0 aliphatic heterocycles. The number of para-hydroxylation sites is 1. The highest BCUT2D eigenvalue weighted by Gasteiger charge is 2.03. The number of methoxy groups -OCH3 is 1. The molecule has 0 atom stereocenters. The summed E-state index contributed by atoms with van der Waals surface area (Å²) in [6.07, 6.45) is 6.08. The summed E-state index contributed by atoms with van der Waals surface area (Å²) in [5.74, 6) is -0.317. The molecule has 0 amide bonds. The molecule has 3 rings (SSSR count). The Labute approximate surface area is 122 Å². The van der Waals surface area contributed by atoms with Crippen LogP contribution in [0.25, 0.3) is 23.1 Å². The Hall–Kier alpha value is -2.81. The summed E-state index contributed by atoms with van der Waals surface area (Å²) in [5, 5.41) is 1.19. The molecular weight excluding hydrogens is 262 g/mol. The number of aromatic amines is 1. The number of benzene rings is 2. The van der Waals surface area contributed by atoms with Gasteiger partial charge in [-0.15, -0.1) is 0 Å². The van der Waals surface area contributed by atoms with E-state index in [-0.39, 0.29) is 5.97 Å². The van der Waals surface area contributed by atoms with Crippen molar-refractivity contribution in [1.29, 1.82) is 0 Å². The first-order valence-electron chi connectivity index (χ1n) is 6.70. The fourth-order valence-corrected chi connectivity index (χ4v) is 2.27. The maximum Gasteiger partial charge on any atom is 0.337 e. The largest absolute Gasteiger partial charge is 0.465 e. The smallest absolute Gasteiger partial charge is 0.337 e. The second-order valence-electron chi connectivity index (χ2n) is 4.74. The number of aromatic nitrogens is 1. The van der Waals surface area contributed by atoms with E-state index in [0.717, 1.165) is 16.6 Å². The number of H-pyrrole nitrogens is 1. The lowest BCUT2D eigenvalue weighted by Crippen LogP contribution is -2.00. The number of fused-ring (bicyclic) bond motifs is 1. The summed E-state index contributed by atoms with van der Waals surface area (Å²) in [7, 11) is 1.38. The van der Waals surface area contributed by atoms with Gasteiger partial charge in [0, 0.05) is 17.1 Å². The predicted molar refractivity (Wildman–Crippen MR) is 85.0 cm³/mol. The molecule has 0 saturated carbocycles. The van der Waals surface area contributed by atoms with E-state index < -0.39 is 0 Å². The Morgan fingerprint density at radius 2 is 1.81 bits per heavy atom. The standard InChI is InChI=1S/C18H15NO2/c1-21-18(20)14-9-6-13(7-10-14)8-11-15-12-19-17-5-3-2-4-16(15)17/h2-12,19H,1H3/b11-8+. The van der Waals surface area contributed by atoms with Gasteiger partial charge in [0.2, 0.25) is 0 Å². The van der Waals surface area contributed by atoms with Crippen LogP contribution >= 0.6 is 0 Å². The van der Waals surface area contributed by atoms with Gasteiger partial charge >= 0.3 is 5.97 Å². The molecule has 0 aliphatic carbocycles. The molecule has 21 heavy (non-hydrogen) atoms. The van der Waals surface area contributed by atoms with Gasteiger partial charge in [-0.3, -0.25) is 0 Å². The SMILES string of the molecule is COC(=O)c1ccc(/C=C/c2c[nH]c3ccccc23)cc1. The van der Waals surface area contributed by atoms with Crippen LogP contribution in [0.3, 0.4) is 0 Å². The minimum absolute atomic E-state index is 0.317. The third-order valence-electron chi connectivity index (χ3n) is 3.41. The minimum Gasteiger partial charge on any atom is -0.465 e. The van der Waals surface area contributed by atoms with E-state index in [2.05, 4.69) is 27.9 Å². The molecule has 0 radical (unpaired) electrons. The van der Waals surface area contributed by atoms with Crippen LogP contribution in [-0.2, 0) is 4.74 Å². The normalized spacial score (nSPS) is 11.1. The van der Waals surface area contributed by atoms with Crippen molar-refractivity contribution in [3.8, 4) is 0 Å². The summed E-state index contributed by atoms with van der Waals surface area (Å²) in [5.41, 5.74) is 3.86. The van der Waals surface area contributed by atoms with E-state index in [4.69, 9.17) is 0 Å². The molecule has 3 nitrogen and oxygen atoms in total. The van der Waals surface area contributed by atoms with E-state index in [1.807, 2.05) is 36.5 Å². The monoisotopic (exact) mass is 277 g/mol. The fourth-order valence-electron chi connectivity index (χ4n) is 2.27. The topological polar surface area (TPSA) is 42.1 Å². The molecule has 1 heterocycles. The first kappa shape index (κ1) is 13.2. The lowest BCUT2D eigenvalue weighted by Gasteiger charge is -1.99. The van der Waals surface area contributed by atoms with Crippen molar-refractivity contribution >= 4 is 29.0 Å². The number of rotatable bonds is 3. The van der Waals surface area contributed by atoms with Crippen LogP contribution in [0, 0.1) is 0 Å². The molecule has 0 saturated heterocycles. The molecule has 0 unspecified atom stereocenters. The van der Waals surface area contributed by atoms with Crippen molar-refractivity contribution in [1.82, 2.24) is 4.98 Å². The Balaban J connectivity index is 1.84. The molecule has 104 valence electrons. The molecule has 0 fully saturated rings. The molecule has 1 aromatic heterocycles. The zero-order valence-corrected chi connectivity index (χ0v) is 11.7. The van der Waals surface area contributed by atoms with Crippen LogP contribution in [0.2, 0.25) is 0 Å². The summed E-state index contributed by atoms with van der Waals surface area (Å²) < 4.78 is 4.68. The van der Waals surface area contributed by atoms with Crippen LogP contribution < -0.4 is 0 Å². The lowest BCUT2D eigenvalue weighted by atomic mass is 10.1. The van der Waals surface area contributed by atoms with E-state index >= 15 is 0 Å². The highest BCUT2D eigenvalue weighted by molar-refractivity contribution is 5.92. The maximum absolute atomic E-state index is 11.4. The van der Waals surface area contributed by atoms with Crippen molar-refractivity contribution in [2.75, 3.05) is 7.11 Å². The first-order chi connectivity index (χ1) is 10.3. The van der Waals surface area contributed by atoms with Gasteiger partial charge in [0.25, 0.3) is 0 Å². The second kappa shape index (κ2) is 5.67. The third-order valence-corrected chi connectivity index (χ3v) is 3.41. The number of nitrogens with one attached hydrogen (secondary N) is 1.